The Morgan fingerprint density at radius 1 is 1.06 bits per heavy atom. The number of nitrogens with zero attached hydrogens (tertiary/aromatic N) is 3. The fraction of sp³-hybridized carbons (Fsp3) is 0.240. The predicted molar refractivity (Wildman–Crippen MR) is 132 cm³/mol. The minimum Gasteiger partial charge on any atom is -0.337 e. The van der Waals surface area contributed by atoms with Gasteiger partial charge in [0, 0.05) is 40.0 Å². The van der Waals surface area contributed by atoms with Crippen LogP contribution in [0.5, 0.6) is 0 Å². The molecular formula is C25H24Cl2N4O2. The SMILES string of the molecule is Cc1cc(C)n(CC(=O)N2CC=C(c3ccc(Cl)cc3NC(=O)c3cccc(Cl)c3)CC2)n1. The van der Waals surface area contributed by atoms with Crippen LogP contribution in [0.3, 0.4) is 0 Å². The Kier molecular flexibility index (Phi) is 6.86. The molecule has 2 amide bonds. The van der Waals surface area contributed by atoms with E-state index in [0.717, 1.165) is 22.5 Å². The number of halogens is 2. The number of amides is 2. The maximum atomic E-state index is 12.8. The predicted octanol–water partition coefficient (Wildman–Crippen LogP) is 5.37. The highest BCUT2D eigenvalue weighted by Gasteiger charge is 2.21. The van der Waals surface area contributed by atoms with Crippen molar-refractivity contribution in [3.63, 3.8) is 0 Å². The molecule has 2 heterocycles. The van der Waals surface area contributed by atoms with Gasteiger partial charge in [-0.15, -0.1) is 0 Å². The van der Waals surface area contributed by atoms with E-state index in [1.807, 2.05) is 37.0 Å². The number of benzene rings is 2. The van der Waals surface area contributed by atoms with Gasteiger partial charge in [-0.05, 0) is 62.2 Å². The van der Waals surface area contributed by atoms with Gasteiger partial charge < -0.3 is 10.2 Å². The van der Waals surface area contributed by atoms with E-state index in [1.165, 1.54) is 0 Å². The molecule has 33 heavy (non-hydrogen) atoms. The molecule has 3 aromatic rings. The second-order valence-corrected chi connectivity index (χ2v) is 8.93. The largest absolute Gasteiger partial charge is 0.337 e. The number of nitrogens with one attached hydrogen (secondary N) is 1. The summed E-state index contributed by atoms with van der Waals surface area (Å²) in [7, 11) is 0. The fourth-order valence-corrected chi connectivity index (χ4v) is 4.29. The number of aromatic nitrogens is 2. The van der Waals surface area contributed by atoms with Crippen molar-refractivity contribution in [1.82, 2.24) is 14.7 Å². The van der Waals surface area contributed by atoms with Crippen molar-refractivity contribution >= 4 is 46.3 Å². The Bertz CT molecular complexity index is 1250. The Morgan fingerprint density at radius 3 is 2.52 bits per heavy atom. The minimum atomic E-state index is -0.265. The number of carbonyl (C=O) groups is 2. The Morgan fingerprint density at radius 2 is 1.85 bits per heavy atom. The molecule has 6 nitrogen and oxygen atoms in total. The van der Waals surface area contributed by atoms with Crippen molar-refractivity contribution in [3.05, 3.63) is 87.2 Å². The van der Waals surface area contributed by atoms with Crippen LogP contribution in [-0.4, -0.2) is 39.6 Å². The summed E-state index contributed by atoms with van der Waals surface area (Å²) >= 11 is 12.2. The molecule has 0 spiro atoms. The standard InChI is InChI=1S/C25H24Cl2N4O2/c1-16-12-17(2)31(29-16)15-24(32)30-10-8-18(9-11-30)22-7-6-21(27)14-23(22)28-25(33)19-4-3-5-20(26)13-19/h3-8,12-14H,9-11,15H2,1-2H3,(H,28,33). The van der Waals surface area contributed by atoms with Crippen LogP contribution in [0.2, 0.25) is 10.0 Å². The zero-order valence-corrected chi connectivity index (χ0v) is 20.0. The topological polar surface area (TPSA) is 67.2 Å². The Hall–Kier alpha value is -3.09. The Balaban J connectivity index is 1.49. The second kappa shape index (κ2) is 9.81. The van der Waals surface area contributed by atoms with Crippen LogP contribution >= 0.6 is 23.2 Å². The van der Waals surface area contributed by atoms with Gasteiger partial charge in [0.2, 0.25) is 5.91 Å². The molecule has 8 heteroatoms. The lowest BCUT2D eigenvalue weighted by molar-refractivity contribution is -0.131. The van der Waals surface area contributed by atoms with Gasteiger partial charge >= 0.3 is 0 Å². The van der Waals surface area contributed by atoms with Crippen LogP contribution in [-0.2, 0) is 11.3 Å². The van der Waals surface area contributed by atoms with Crippen LogP contribution in [0, 0.1) is 13.8 Å². The van der Waals surface area contributed by atoms with Crippen molar-refractivity contribution < 1.29 is 9.59 Å². The number of aryl methyl sites for hydroxylation is 2. The molecule has 0 saturated heterocycles. The third-order valence-electron chi connectivity index (χ3n) is 5.61. The van der Waals surface area contributed by atoms with E-state index < -0.39 is 0 Å². The van der Waals surface area contributed by atoms with Crippen molar-refractivity contribution in [3.8, 4) is 0 Å². The normalized spacial score (nSPS) is 13.6. The number of anilines is 1. The number of hydrogen-bond acceptors (Lipinski definition) is 3. The molecule has 1 aromatic heterocycles. The molecule has 170 valence electrons. The fourth-order valence-electron chi connectivity index (χ4n) is 3.93. The molecule has 0 fully saturated rings. The third kappa shape index (κ3) is 5.46. The lowest BCUT2D eigenvalue weighted by Gasteiger charge is -2.27. The van der Waals surface area contributed by atoms with Gasteiger partial charge in [-0.1, -0.05) is 41.4 Å². The lowest BCUT2D eigenvalue weighted by Crippen LogP contribution is -2.37. The molecule has 0 atom stereocenters. The van der Waals surface area contributed by atoms with Crippen molar-refractivity contribution in [2.24, 2.45) is 0 Å². The summed E-state index contributed by atoms with van der Waals surface area (Å²) < 4.78 is 1.74. The van der Waals surface area contributed by atoms with Gasteiger partial charge in [0.1, 0.15) is 6.54 Å². The second-order valence-electron chi connectivity index (χ2n) is 8.06. The number of carbonyl (C=O) groups excluding carboxylic acids is 2. The van der Waals surface area contributed by atoms with Crippen molar-refractivity contribution in [1.29, 1.82) is 0 Å². The van der Waals surface area contributed by atoms with E-state index >= 15 is 0 Å². The first-order valence-electron chi connectivity index (χ1n) is 10.6. The highest BCUT2D eigenvalue weighted by molar-refractivity contribution is 6.31. The van der Waals surface area contributed by atoms with Crippen molar-refractivity contribution in [2.75, 3.05) is 18.4 Å². The van der Waals surface area contributed by atoms with Crippen LogP contribution in [0.25, 0.3) is 5.57 Å². The van der Waals surface area contributed by atoms with Gasteiger partial charge in [0.05, 0.1) is 11.4 Å². The molecule has 1 N–H and O–H groups in total. The summed E-state index contributed by atoms with van der Waals surface area (Å²) in [6.07, 6.45) is 2.70. The first-order chi connectivity index (χ1) is 15.8. The van der Waals surface area contributed by atoms with Crippen LogP contribution in [0.4, 0.5) is 5.69 Å². The van der Waals surface area contributed by atoms with E-state index in [4.69, 9.17) is 23.2 Å². The molecule has 0 aliphatic carbocycles. The maximum Gasteiger partial charge on any atom is 0.255 e. The minimum absolute atomic E-state index is 0.0297. The van der Waals surface area contributed by atoms with Gasteiger partial charge in [-0.2, -0.15) is 5.10 Å². The summed E-state index contributed by atoms with van der Waals surface area (Å²) in [6, 6.07) is 14.2. The average molecular weight is 483 g/mol. The quantitative estimate of drug-likeness (QED) is 0.530. The van der Waals surface area contributed by atoms with Crippen LogP contribution in [0.1, 0.15) is 33.7 Å². The summed E-state index contributed by atoms with van der Waals surface area (Å²) in [6.45, 7) is 5.18. The molecule has 1 aliphatic rings. The zero-order valence-electron chi connectivity index (χ0n) is 18.4. The smallest absolute Gasteiger partial charge is 0.255 e. The van der Waals surface area contributed by atoms with Gasteiger partial charge in [0.25, 0.3) is 5.91 Å². The zero-order chi connectivity index (χ0) is 23.5. The molecule has 0 saturated carbocycles. The molecule has 0 unspecified atom stereocenters. The Labute approximate surface area is 202 Å². The maximum absolute atomic E-state index is 12.8. The summed E-state index contributed by atoms with van der Waals surface area (Å²) in [5.74, 6) is -0.235. The summed E-state index contributed by atoms with van der Waals surface area (Å²) in [5.41, 5.74) is 4.91. The summed E-state index contributed by atoms with van der Waals surface area (Å²) in [5, 5.41) is 8.35. The third-order valence-corrected chi connectivity index (χ3v) is 6.08. The van der Waals surface area contributed by atoms with Gasteiger partial charge in [0.15, 0.2) is 0 Å². The van der Waals surface area contributed by atoms with E-state index in [9.17, 15) is 9.59 Å². The van der Waals surface area contributed by atoms with Gasteiger partial charge in [-0.3, -0.25) is 14.3 Å². The van der Waals surface area contributed by atoms with Crippen LogP contribution < -0.4 is 5.32 Å². The van der Waals surface area contributed by atoms with E-state index in [1.54, 1.807) is 41.1 Å². The molecule has 0 bridgehead atoms. The van der Waals surface area contributed by atoms with E-state index in [2.05, 4.69) is 10.4 Å². The monoisotopic (exact) mass is 482 g/mol. The lowest BCUT2D eigenvalue weighted by atomic mass is 9.97. The van der Waals surface area contributed by atoms with E-state index in [-0.39, 0.29) is 18.4 Å². The molecule has 4 rings (SSSR count). The highest BCUT2D eigenvalue weighted by Crippen LogP contribution is 2.31. The molecular weight excluding hydrogens is 459 g/mol. The highest BCUT2D eigenvalue weighted by atomic mass is 35.5. The average Bonchev–Trinajstić information content (AvgIpc) is 3.10. The van der Waals surface area contributed by atoms with Crippen LogP contribution in [0.15, 0.2) is 54.6 Å². The summed E-state index contributed by atoms with van der Waals surface area (Å²) in [4.78, 5) is 27.3. The first kappa shape index (κ1) is 23.1. The molecule has 0 radical (unpaired) electrons. The first-order valence-corrected chi connectivity index (χ1v) is 11.4. The molecule has 2 aromatic carbocycles. The van der Waals surface area contributed by atoms with E-state index in [0.29, 0.717) is 40.8 Å². The van der Waals surface area contributed by atoms with Gasteiger partial charge in [-0.25, -0.2) is 0 Å². The molecule has 1 aliphatic heterocycles. The number of rotatable bonds is 5. The number of hydrogen-bond donors (Lipinski definition) is 1. The van der Waals surface area contributed by atoms with Crippen molar-refractivity contribution in [2.45, 2.75) is 26.8 Å².